The zero-order valence-corrected chi connectivity index (χ0v) is 24.0. The van der Waals surface area contributed by atoms with Crippen molar-refractivity contribution >= 4 is 23.3 Å². The molecule has 2 aliphatic carbocycles. The average molecular weight is 599 g/mol. The zero-order chi connectivity index (χ0) is 31.5. The van der Waals surface area contributed by atoms with Crippen molar-refractivity contribution in [1.29, 1.82) is 0 Å². The number of amides is 1. The van der Waals surface area contributed by atoms with Gasteiger partial charge in [0.2, 0.25) is 11.7 Å². The van der Waals surface area contributed by atoms with E-state index in [1.54, 1.807) is 6.92 Å². The number of carbonyl (C=O) groups excluding carboxylic acids is 4. The molecule has 7 N–H and O–H groups in total. The van der Waals surface area contributed by atoms with Crippen molar-refractivity contribution in [2.24, 2.45) is 5.73 Å². The van der Waals surface area contributed by atoms with Gasteiger partial charge in [0.1, 0.15) is 29.0 Å². The van der Waals surface area contributed by atoms with E-state index in [0.29, 0.717) is 0 Å². The van der Waals surface area contributed by atoms with E-state index >= 15 is 0 Å². The number of Topliss-reactive ketones (excluding diaryl/α,β-unsaturated/α-hetero) is 1. The van der Waals surface area contributed by atoms with Crippen LogP contribution in [0.2, 0.25) is 0 Å². The highest BCUT2D eigenvalue weighted by molar-refractivity contribution is 6.31. The van der Waals surface area contributed by atoms with Gasteiger partial charge in [0.15, 0.2) is 17.9 Å². The van der Waals surface area contributed by atoms with Crippen molar-refractivity contribution in [2.45, 2.75) is 82.3 Å². The van der Waals surface area contributed by atoms with E-state index in [1.165, 1.54) is 32.2 Å². The van der Waals surface area contributed by atoms with E-state index in [1.807, 2.05) is 0 Å². The summed E-state index contributed by atoms with van der Waals surface area (Å²) in [5.41, 5.74) is 2.31. The highest BCUT2D eigenvalue weighted by Gasteiger charge is 2.49. The number of nitrogens with one attached hydrogen (secondary N) is 1. The number of hydrogen-bond acceptors (Lipinski definition) is 12. The second-order valence-electron chi connectivity index (χ2n) is 11.4. The number of carbonyl (C=O) groups is 4. The molecule has 2 aromatic carbocycles. The van der Waals surface area contributed by atoms with Crippen molar-refractivity contribution in [2.75, 3.05) is 7.11 Å². The molecule has 5 rings (SSSR count). The molecule has 3 aliphatic rings. The quantitative estimate of drug-likeness (QED) is 0.214. The Morgan fingerprint density at radius 2 is 1.81 bits per heavy atom. The highest BCUT2D eigenvalue weighted by Crippen LogP contribution is 2.52. The van der Waals surface area contributed by atoms with Gasteiger partial charge in [0, 0.05) is 36.0 Å². The van der Waals surface area contributed by atoms with Crippen LogP contribution >= 0.6 is 0 Å². The lowest BCUT2D eigenvalue weighted by Crippen LogP contribution is -2.57. The third-order valence-electron chi connectivity index (χ3n) is 8.49. The van der Waals surface area contributed by atoms with Crippen molar-refractivity contribution < 1.29 is 53.8 Å². The van der Waals surface area contributed by atoms with Crippen LogP contribution in [0.5, 0.6) is 17.2 Å². The van der Waals surface area contributed by atoms with Crippen LogP contribution in [0, 0.1) is 0 Å². The Kier molecular flexibility index (Phi) is 7.82. The normalized spacial score (nSPS) is 28.8. The number of methoxy groups -OCH3 is 1. The number of aliphatic hydroxyl groups excluding tert-OH is 1. The monoisotopic (exact) mass is 598 g/mol. The van der Waals surface area contributed by atoms with E-state index in [2.05, 4.69) is 5.32 Å². The lowest BCUT2D eigenvalue weighted by Gasteiger charge is -2.43. The van der Waals surface area contributed by atoms with Gasteiger partial charge >= 0.3 is 0 Å². The maximum atomic E-state index is 13.8. The standard InChI is InChI=1S/C30H34N2O11/c1-11(31)29(39)32-16-8-19(42-12(2)24(16)34)43-18-10-30(40,13(3)33)9-15-21(18)28(38)23-22(26(15)36)25(35)14-6-5-7-17(41-4)20(14)27(23)37/h5-7,11-12,16,18-19,24,34,36,38,40H,8-10,31H2,1-4H3,(H,32,39)/t11-,12-,16-,18-,19-,24+,30-/m0/s1. The van der Waals surface area contributed by atoms with Gasteiger partial charge in [-0.25, -0.2) is 0 Å². The predicted octanol–water partition coefficient (Wildman–Crippen LogP) is 0.534. The number of rotatable bonds is 6. The van der Waals surface area contributed by atoms with Crippen molar-refractivity contribution in [1.82, 2.24) is 5.32 Å². The molecule has 1 heterocycles. The number of phenols is 2. The topological polar surface area (TPSA) is 215 Å². The third-order valence-corrected chi connectivity index (χ3v) is 8.49. The summed E-state index contributed by atoms with van der Waals surface area (Å²) in [6.45, 7) is 4.19. The van der Waals surface area contributed by atoms with Gasteiger partial charge in [-0.15, -0.1) is 0 Å². The third kappa shape index (κ3) is 4.96. The van der Waals surface area contributed by atoms with E-state index in [9.17, 15) is 39.6 Å². The van der Waals surface area contributed by atoms with Gasteiger partial charge in [-0.3, -0.25) is 19.2 Å². The molecule has 1 amide bonds. The lowest BCUT2D eigenvalue weighted by molar-refractivity contribution is -0.249. The Labute approximate surface area is 246 Å². The number of aliphatic hydroxyl groups is 2. The molecule has 13 nitrogen and oxygen atoms in total. The Bertz CT molecular complexity index is 1540. The molecule has 0 aromatic heterocycles. The minimum Gasteiger partial charge on any atom is -0.507 e. The fourth-order valence-corrected chi connectivity index (χ4v) is 6.08. The molecule has 230 valence electrons. The number of hydrogen-bond donors (Lipinski definition) is 6. The number of aromatic hydroxyl groups is 2. The van der Waals surface area contributed by atoms with E-state index in [4.69, 9.17) is 19.9 Å². The summed E-state index contributed by atoms with van der Waals surface area (Å²) in [7, 11) is 1.32. The van der Waals surface area contributed by atoms with E-state index in [-0.39, 0.29) is 34.4 Å². The number of fused-ring (bicyclic) bond motifs is 3. The fourth-order valence-electron chi connectivity index (χ4n) is 6.08. The van der Waals surface area contributed by atoms with Crippen LogP contribution < -0.4 is 15.8 Å². The Morgan fingerprint density at radius 3 is 2.44 bits per heavy atom. The Hall–Kier alpha value is -3.88. The SMILES string of the molecule is COc1cccc2c1C(=O)c1c(O)c3c(c(O)c1C2=O)C[C@@](O)(C(C)=O)C[C@@H]3O[C@H]1C[C@H](NC(=O)[C@H](C)N)[C@H](O)[C@H](C)O1. The zero-order valence-electron chi connectivity index (χ0n) is 24.0. The number of ether oxygens (including phenoxy) is 3. The highest BCUT2D eigenvalue weighted by atomic mass is 16.7. The molecule has 0 saturated carbocycles. The number of ketones is 3. The second kappa shape index (κ2) is 11.0. The summed E-state index contributed by atoms with van der Waals surface area (Å²) in [5.74, 6) is -3.92. The molecule has 0 spiro atoms. The molecule has 2 aromatic rings. The predicted molar refractivity (Wildman–Crippen MR) is 148 cm³/mol. The first-order chi connectivity index (χ1) is 20.2. The van der Waals surface area contributed by atoms with E-state index in [0.717, 1.165) is 6.92 Å². The minimum atomic E-state index is -2.07. The van der Waals surface area contributed by atoms with Crippen LogP contribution in [0.15, 0.2) is 18.2 Å². The second-order valence-corrected chi connectivity index (χ2v) is 11.4. The first-order valence-corrected chi connectivity index (χ1v) is 13.9. The van der Waals surface area contributed by atoms with Gasteiger partial charge in [0.05, 0.1) is 48.1 Å². The molecule has 1 saturated heterocycles. The minimum absolute atomic E-state index is 0.0417. The van der Waals surface area contributed by atoms with Crippen LogP contribution in [-0.2, 0) is 25.5 Å². The van der Waals surface area contributed by atoms with Gasteiger partial charge in [-0.1, -0.05) is 12.1 Å². The Balaban J connectivity index is 1.61. The maximum Gasteiger partial charge on any atom is 0.236 e. The summed E-state index contributed by atoms with van der Waals surface area (Å²) in [6.07, 6.45) is -5.35. The maximum absolute atomic E-state index is 13.8. The smallest absolute Gasteiger partial charge is 0.236 e. The Morgan fingerprint density at radius 1 is 1.14 bits per heavy atom. The van der Waals surface area contributed by atoms with Crippen molar-refractivity contribution in [3.05, 3.63) is 51.6 Å². The molecule has 1 aliphatic heterocycles. The van der Waals surface area contributed by atoms with Gasteiger partial charge in [-0.05, 0) is 26.8 Å². The van der Waals surface area contributed by atoms with Crippen LogP contribution in [0.25, 0.3) is 0 Å². The molecular weight excluding hydrogens is 564 g/mol. The molecule has 0 bridgehead atoms. The lowest BCUT2D eigenvalue weighted by atomic mass is 9.72. The van der Waals surface area contributed by atoms with Crippen LogP contribution in [0.4, 0.5) is 0 Å². The summed E-state index contributed by atoms with van der Waals surface area (Å²) >= 11 is 0. The largest absolute Gasteiger partial charge is 0.507 e. The summed E-state index contributed by atoms with van der Waals surface area (Å²) in [4.78, 5) is 52.2. The van der Waals surface area contributed by atoms with Gasteiger partial charge in [0.25, 0.3) is 0 Å². The fraction of sp³-hybridized carbons (Fsp3) is 0.467. The number of nitrogens with two attached hydrogens (primary N) is 1. The van der Waals surface area contributed by atoms with Crippen LogP contribution in [-0.4, -0.2) is 87.0 Å². The summed E-state index contributed by atoms with van der Waals surface area (Å²) < 4.78 is 17.3. The average Bonchev–Trinajstić information content (AvgIpc) is 2.95. The molecule has 1 fully saturated rings. The first kappa shape index (κ1) is 30.6. The van der Waals surface area contributed by atoms with E-state index < -0.39 is 101 Å². The molecule has 13 heteroatoms. The van der Waals surface area contributed by atoms with Crippen LogP contribution in [0.3, 0.4) is 0 Å². The van der Waals surface area contributed by atoms with Gasteiger partial charge in [-0.2, -0.15) is 0 Å². The van der Waals surface area contributed by atoms with Gasteiger partial charge < -0.3 is 45.7 Å². The van der Waals surface area contributed by atoms with Crippen molar-refractivity contribution in [3.8, 4) is 17.2 Å². The summed E-state index contributed by atoms with van der Waals surface area (Å²) in [5, 5.41) is 47.6. The molecule has 0 unspecified atom stereocenters. The van der Waals surface area contributed by atoms with Crippen LogP contribution in [0.1, 0.15) is 82.7 Å². The number of phenolic OH excluding ortho intramolecular Hbond substituents is 2. The molecule has 43 heavy (non-hydrogen) atoms. The number of benzene rings is 2. The first-order valence-electron chi connectivity index (χ1n) is 13.9. The van der Waals surface area contributed by atoms with Crippen molar-refractivity contribution in [3.63, 3.8) is 0 Å². The molecule has 7 atom stereocenters. The summed E-state index contributed by atoms with van der Waals surface area (Å²) in [6, 6.07) is 2.70. The molecule has 0 radical (unpaired) electrons. The molecular formula is C30H34N2O11.